The molecule has 0 atom stereocenters. The molecule has 0 saturated heterocycles. The summed E-state index contributed by atoms with van der Waals surface area (Å²) >= 11 is 0. The van der Waals surface area contributed by atoms with Crippen molar-refractivity contribution in [1.29, 1.82) is 0 Å². The zero-order valence-corrected chi connectivity index (χ0v) is 12.5. The number of ether oxygens (including phenoxy) is 1. The second kappa shape index (κ2) is 7.10. The number of benzene rings is 1. The molecular weight excluding hydrogens is 250 g/mol. The smallest absolute Gasteiger partial charge is 0.130 e. The predicted octanol–water partition coefficient (Wildman–Crippen LogP) is 2.74. The number of rotatable bonds is 7. The van der Waals surface area contributed by atoms with E-state index in [1.165, 1.54) is 5.56 Å². The fourth-order valence-electron chi connectivity index (χ4n) is 1.96. The lowest BCUT2D eigenvalue weighted by atomic mass is 10.2. The highest BCUT2D eigenvalue weighted by Crippen LogP contribution is 2.19. The van der Waals surface area contributed by atoms with E-state index in [2.05, 4.69) is 30.2 Å². The first kappa shape index (κ1) is 14.6. The second-order valence-electron chi connectivity index (χ2n) is 5.42. The second-order valence-corrected chi connectivity index (χ2v) is 5.42. The molecule has 2 rings (SSSR count). The van der Waals surface area contributed by atoms with E-state index in [9.17, 15) is 0 Å². The van der Waals surface area contributed by atoms with Gasteiger partial charge < -0.3 is 14.6 Å². The van der Waals surface area contributed by atoms with E-state index in [1.807, 2.05) is 36.0 Å². The third-order valence-electron chi connectivity index (χ3n) is 3.13. The molecule has 0 aliphatic carbocycles. The molecule has 0 saturated carbocycles. The normalized spacial score (nSPS) is 11.0. The van der Waals surface area contributed by atoms with Crippen molar-refractivity contribution in [1.82, 2.24) is 14.9 Å². The highest BCUT2D eigenvalue weighted by atomic mass is 16.5. The standard InChI is InChI=1S/C16H23N3O/c1-13(2)8-17-9-14-6-4-5-7-16(14)20-11-15-10-18-12-19(15)3/h4-7,10,12-13,17H,8-9,11H2,1-3H3. The number of nitrogens with one attached hydrogen (secondary N) is 1. The van der Waals surface area contributed by atoms with Gasteiger partial charge >= 0.3 is 0 Å². The van der Waals surface area contributed by atoms with Crippen LogP contribution in [0.1, 0.15) is 25.1 Å². The summed E-state index contributed by atoms with van der Waals surface area (Å²) in [5.41, 5.74) is 2.25. The highest BCUT2D eigenvalue weighted by Gasteiger charge is 2.05. The quantitative estimate of drug-likeness (QED) is 0.843. The van der Waals surface area contributed by atoms with Crippen molar-refractivity contribution in [3.8, 4) is 5.75 Å². The van der Waals surface area contributed by atoms with Crippen LogP contribution >= 0.6 is 0 Å². The minimum Gasteiger partial charge on any atom is -0.487 e. The van der Waals surface area contributed by atoms with E-state index in [0.717, 1.165) is 24.5 Å². The molecular formula is C16H23N3O. The number of aryl methyl sites for hydroxylation is 1. The fraction of sp³-hybridized carbons (Fsp3) is 0.438. The summed E-state index contributed by atoms with van der Waals surface area (Å²) in [5.74, 6) is 1.59. The summed E-state index contributed by atoms with van der Waals surface area (Å²) in [6, 6.07) is 8.17. The van der Waals surface area contributed by atoms with Crippen molar-refractivity contribution in [2.45, 2.75) is 27.0 Å². The minimum absolute atomic E-state index is 0.539. The SMILES string of the molecule is CC(C)CNCc1ccccc1OCc1cncn1C. The van der Waals surface area contributed by atoms with Crippen LogP contribution in [0.15, 0.2) is 36.8 Å². The Hall–Kier alpha value is -1.81. The fourth-order valence-corrected chi connectivity index (χ4v) is 1.96. The van der Waals surface area contributed by atoms with Crippen LogP contribution in [-0.4, -0.2) is 16.1 Å². The van der Waals surface area contributed by atoms with Crippen molar-refractivity contribution in [2.24, 2.45) is 13.0 Å². The Morgan fingerprint density at radius 1 is 1.30 bits per heavy atom. The van der Waals surface area contributed by atoms with E-state index in [4.69, 9.17) is 4.74 Å². The molecule has 0 amide bonds. The predicted molar refractivity (Wildman–Crippen MR) is 80.5 cm³/mol. The first-order valence-electron chi connectivity index (χ1n) is 7.03. The van der Waals surface area contributed by atoms with Gasteiger partial charge in [-0.3, -0.25) is 0 Å². The Morgan fingerprint density at radius 3 is 2.80 bits per heavy atom. The maximum absolute atomic E-state index is 5.92. The average Bonchev–Trinajstić information content (AvgIpc) is 2.83. The Labute approximate surface area is 120 Å². The van der Waals surface area contributed by atoms with Gasteiger partial charge in [-0.25, -0.2) is 4.98 Å². The van der Waals surface area contributed by atoms with E-state index in [-0.39, 0.29) is 0 Å². The molecule has 1 aromatic carbocycles. The van der Waals surface area contributed by atoms with Crippen LogP contribution in [0.25, 0.3) is 0 Å². The molecule has 1 heterocycles. The summed E-state index contributed by atoms with van der Waals surface area (Å²) in [7, 11) is 1.97. The van der Waals surface area contributed by atoms with Crippen LogP contribution in [0, 0.1) is 5.92 Å². The van der Waals surface area contributed by atoms with Gasteiger partial charge in [0.1, 0.15) is 12.4 Å². The molecule has 2 aromatic rings. The molecule has 108 valence electrons. The molecule has 0 fully saturated rings. The molecule has 0 unspecified atom stereocenters. The van der Waals surface area contributed by atoms with Gasteiger partial charge in [0.25, 0.3) is 0 Å². The number of aromatic nitrogens is 2. The van der Waals surface area contributed by atoms with Crippen molar-refractivity contribution < 1.29 is 4.74 Å². The van der Waals surface area contributed by atoms with E-state index in [1.54, 1.807) is 6.33 Å². The van der Waals surface area contributed by atoms with E-state index < -0.39 is 0 Å². The molecule has 0 radical (unpaired) electrons. The zero-order valence-electron chi connectivity index (χ0n) is 12.5. The van der Waals surface area contributed by atoms with Gasteiger partial charge in [-0.15, -0.1) is 0 Å². The van der Waals surface area contributed by atoms with Crippen LogP contribution in [0.4, 0.5) is 0 Å². The molecule has 0 spiro atoms. The van der Waals surface area contributed by atoms with Crippen molar-refractivity contribution >= 4 is 0 Å². The largest absolute Gasteiger partial charge is 0.487 e. The molecule has 4 nitrogen and oxygen atoms in total. The maximum Gasteiger partial charge on any atom is 0.130 e. The van der Waals surface area contributed by atoms with Crippen LogP contribution in [0.2, 0.25) is 0 Å². The Bertz CT molecular complexity index is 534. The Morgan fingerprint density at radius 2 is 2.10 bits per heavy atom. The summed E-state index contributed by atoms with van der Waals surface area (Å²) in [5, 5.41) is 3.45. The summed E-state index contributed by atoms with van der Waals surface area (Å²) in [6.45, 7) is 6.79. The Balaban J connectivity index is 1.95. The van der Waals surface area contributed by atoms with Gasteiger partial charge in [0, 0.05) is 19.2 Å². The average molecular weight is 273 g/mol. The molecule has 4 heteroatoms. The molecule has 1 N–H and O–H groups in total. The zero-order chi connectivity index (χ0) is 14.4. The molecule has 0 aliphatic heterocycles. The third kappa shape index (κ3) is 4.10. The summed E-state index contributed by atoms with van der Waals surface area (Å²) in [6.07, 6.45) is 3.62. The topological polar surface area (TPSA) is 39.1 Å². The first-order chi connectivity index (χ1) is 9.66. The third-order valence-corrected chi connectivity index (χ3v) is 3.13. The van der Waals surface area contributed by atoms with Gasteiger partial charge in [0.2, 0.25) is 0 Å². The van der Waals surface area contributed by atoms with E-state index >= 15 is 0 Å². The van der Waals surface area contributed by atoms with Crippen LogP contribution in [0.3, 0.4) is 0 Å². The number of para-hydroxylation sites is 1. The van der Waals surface area contributed by atoms with Crippen LogP contribution in [0.5, 0.6) is 5.75 Å². The lowest BCUT2D eigenvalue weighted by Crippen LogP contribution is -2.19. The molecule has 20 heavy (non-hydrogen) atoms. The maximum atomic E-state index is 5.92. The van der Waals surface area contributed by atoms with Gasteiger partial charge in [-0.05, 0) is 18.5 Å². The Kier molecular flexibility index (Phi) is 5.18. The van der Waals surface area contributed by atoms with Crippen molar-refractivity contribution in [2.75, 3.05) is 6.54 Å². The highest BCUT2D eigenvalue weighted by molar-refractivity contribution is 5.33. The van der Waals surface area contributed by atoms with Crippen molar-refractivity contribution in [3.05, 3.63) is 48.0 Å². The van der Waals surface area contributed by atoms with Gasteiger partial charge in [0.15, 0.2) is 0 Å². The van der Waals surface area contributed by atoms with Gasteiger partial charge in [-0.2, -0.15) is 0 Å². The van der Waals surface area contributed by atoms with Gasteiger partial charge in [0.05, 0.1) is 18.2 Å². The first-order valence-corrected chi connectivity index (χ1v) is 7.03. The summed E-state index contributed by atoms with van der Waals surface area (Å²) in [4.78, 5) is 4.10. The summed E-state index contributed by atoms with van der Waals surface area (Å²) < 4.78 is 7.89. The molecule has 0 aliphatic rings. The monoisotopic (exact) mass is 273 g/mol. The van der Waals surface area contributed by atoms with Crippen molar-refractivity contribution in [3.63, 3.8) is 0 Å². The molecule has 0 bridgehead atoms. The minimum atomic E-state index is 0.539. The van der Waals surface area contributed by atoms with Crippen LogP contribution < -0.4 is 10.1 Å². The van der Waals surface area contributed by atoms with Crippen LogP contribution in [-0.2, 0) is 20.2 Å². The van der Waals surface area contributed by atoms with E-state index in [0.29, 0.717) is 12.5 Å². The number of imidazole rings is 1. The lowest BCUT2D eigenvalue weighted by Gasteiger charge is -2.13. The number of nitrogens with zero attached hydrogens (tertiary/aromatic N) is 2. The molecule has 1 aromatic heterocycles. The number of hydrogen-bond donors (Lipinski definition) is 1. The van der Waals surface area contributed by atoms with Gasteiger partial charge in [-0.1, -0.05) is 32.0 Å². The lowest BCUT2D eigenvalue weighted by molar-refractivity contribution is 0.293. The number of hydrogen-bond acceptors (Lipinski definition) is 3.